The number of benzene rings is 2. The van der Waals surface area contributed by atoms with Crippen molar-refractivity contribution in [2.75, 3.05) is 5.73 Å². The van der Waals surface area contributed by atoms with E-state index in [1.54, 1.807) is 0 Å². The first kappa shape index (κ1) is 13.6. The molecular weight excluding hydrogens is 294 g/mol. The third-order valence-corrected chi connectivity index (χ3v) is 5.12. The van der Waals surface area contributed by atoms with Crippen molar-refractivity contribution in [2.24, 2.45) is 0 Å². The predicted octanol–water partition coefficient (Wildman–Crippen LogP) is 4.73. The second kappa shape index (κ2) is 5.10. The average Bonchev–Trinajstić information content (AvgIpc) is 3.08. The molecule has 3 N–H and O–H groups in total. The molecule has 2 aliphatic carbocycles. The summed E-state index contributed by atoms with van der Waals surface area (Å²) in [6, 6.07) is 7.90. The van der Waals surface area contributed by atoms with Gasteiger partial charge in [0.1, 0.15) is 5.82 Å². The second-order valence-corrected chi connectivity index (χ2v) is 6.60. The van der Waals surface area contributed by atoms with Crippen LogP contribution in [0.25, 0.3) is 34.6 Å². The van der Waals surface area contributed by atoms with Gasteiger partial charge < -0.3 is 10.7 Å². The quantitative estimate of drug-likeness (QED) is 0.638. The zero-order valence-corrected chi connectivity index (χ0v) is 13.5. The summed E-state index contributed by atoms with van der Waals surface area (Å²) in [4.78, 5) is 8.53. The number of nitrogens with one attached hydrogen (secondary N) is 1. The van der Waals surface area contributed by atoms with Crippen molar-refractivity contribution in [3.05, 3.63) is 58.7 Å². The van der Waals surface area contributed by atoms with Crippen LogP contribution in [0, 0.1) is 0 Å². The Morgan fingerprint density at radius 1 is 0.875 bits per heavy atom. The number of rotatable bonds is 1. The summed E-state index contributed by atoms with van der Waals surface area (Å²) in [5.41, 5.74) is 15.6. The summed E-state index contributed by atoms with van der Waals surface area (Å²) in [6.07, 6.45) is 13.6. The van der Waals surface area contributed by atoms with Crippen molar-refractivity contribution >= 4 is 28.9 Å². The molecule has 24 heavy (non-hydrogen) atoms. The first-order chi connectivity index (χ1) is 11.8. The molecule has 0 amide bonds. The molecule has 0 saturated carbocycles. The standard InChI is InChI=1S/C21H19N3/c22-14-11-9-13(10-12-14)21-23-19-17-7-3-1-5-15(17)16-6-2-4-8-18(16)20(19)24-21/h3-4,7-12H,1-2,5-6,22H2,(H,23,24). The maximum Gasteiger partial charge on any atom is 0.138 e. The van der Waals surface area contributed by atoms with Gasteiger partial charge >= 0.3 is 0 Å². The molecule has 3 aromatic rings. The lowest BCUT2D eigenvalue weighted by molar-refractivity contribution is 0.910. The summed E-state index contributed by atoms with van der Waals surface area (Å²) >= 11 is 0. The van der Waals surface area contributed by atoms with Crippen molar-refractivity contribution in [1.29, 1.82) is 0 Å². The van der Waals surface area contributed by atoms with Crippen LogP contribution in [-0.2, 0) is 12.8 Å². The molecule has 0 bridgehead atoms. The minimum absolute atomic E-state index is 0.774. The molecule has 0 fully saturated rings. The number of H-pyrrole nitrogens is 1. The lowest BCUT2D eigenvalue weighted by Crippen LogP contribution is -2.06. The Morgan fingerprint density at radius 3 is 2.29 bits per heavy atom. The van der Waals surface area contributed by atoms with Gasteiger partial charge in [-0.05, 0) is 61.1 Å². The smallest absolute Gasteiger partial charge is 0.138 e. The highest BCUT2D eigenvalue weighted by atomic mass is 14.9. The van der Waals surface area contributed by atoms with Crippen molar-refractivity contribution in [3.8, 4) is 11.4 Å². The van der Waals surface area contributed by atoms with Gasteiger partial charge in [-0.1, -0.05) is 24.3 Å². The number of nitrogen functional groups attached to an aromatic ring is 1. The highest BCUT2D eigenvalue weighted by Crippen LogP contribution is 2.37. The first-order valence-electron chi connectivity index (χ1n) is 8.57. The normalized spacial score (nSPS) is 15.5. The Balaban J connectivity index is 1.82. The highest BCUT2D eigenvalue weighted by molar-refractivity contribution is 5.97. The molecule has 2 aromatic carbocycles. The van der Waals surface area contributed by atoms with Gasteiger partial charge in [0, 0.05) is 22.4 Å². The average molecular weight is 313 g/mol. The lowest BCUT2D eigenvalue weighted by atomic mass is 9.84. The Hall–Kier alpha value is -2.81. The van der Waals surface area contributed by atoms with Crippen LogP contribution in [-0.4, -0.2) is 9.97 Å². The van der Waals surface area contributed by atoms with Gasteiger partial charge in [0.05, 0.1) is 11.0 Å². The lowest BCUT2D eigenvalue weighted by Gasteiger charge is -2.21. The Labute approximate surface area is 140 Å². The van der Waals surface area contributed by atoms with E-state index in [0.29, 0.717) is 0 Å². The van der Waals surface area contributed by atoms with Crippen LogP contribution >= 0.6 is 0 Å². The van der Waals surface area contributed by atoms with E-state index in [2.05, 4.69) is 29.3 Å². The molecule has 0 spiro atoms. The number of fused-ring (bicyclic) bond motifs is 6. The summed E-state index contributed by atoms with van der Waals surface area (Å²) in [5.74, 6) is 0.915. The third-order valence-electron chi connectivity index (χ3n) is 5.12. The van der Waals surface area contributed by atoms with Gasteiger partial charge in [0.2, 0.25) is 0 Å². The van der Waals surface area contributed by atoms with Crippen LogP contribution in [0.3, 0.4) is 0 Å². The molecule has 3 nitrogen and oxygen atoms in total. The molecule has 0 unspecified atom stereocenters. The third kappa shape index (κ3) is 1.94. The van der Waals surface area contributed by atoms with Gasteiger partial charge in [-0.3, -0.25) is 0 Å². The maximum absolute atomic E-state index is 5.81. The van der Waals surface area contributed by atoms with E-state index in [1.807, 2.05) is 24.3 Å². The molecule has 118 valence electrons. The van der Waals surface area contributed by atoms with Crippen LogP contribution in [0.15, 0.2) is 36.4 Å². The fourth-order valence-electron chi connectivity index (χ4n) is 3.95. The predicted molar refractivity (Wildman–Crippen MR) is 101 cm³/mol. The zero-order chi connectivity index (χ0) is 16.1. The Kier molecular flexibility index (Phi) is 2.89. The SMILES string of the molecule is Nc1ccc(-c2nc3c4c(c5c(c3[nH]2)C=CCC5)CCC=C4)cc1. The van der Waals surface area contributed by atoms with Gasteiger partial charge in [-0.25, -0.2) is 4.98 Å². The Bertz CT molecular complexity index is 945. The number of imidazole rings is 1. The zero-order valence-electron chi connectivity index (χ0n) is 13.5. The van der Waals surface area contributed by atoms with E-state index < -0.39 is 0 Å². The molecule has 0 atom stereocenters. The fourth-order valence-corrected chi connectivity index (χ4v) is 3.95. The van der Waals surface area contributed by atoms with Gasteiger partial charge in [0.15, 0.2) is 0 Å². The minimum atomic E-state index is 0.774. The van der Waals surface area contributed by atoms with Crippen molar-refractivity contribution in [3.63, 3.8) is 0 Å². The van der Waals surface area contributed by atoms with Gasteiger partial charge in [-0.15, -0.1) is 0 Å². The summed E-state index contributed by atoms with van der Waals surface area (Å²) in [7, 11) is 0. The molecule has 1 aromatic heterocycles. The van der Waals surface area contributed by atoms with E-state index in [4.69, 9.17) is 10.7 Å². The van der Waals surface area contributed by atoms with Crippen LogP contribution in [0.1, 0.15) is 35.1 Å². The molecular formula is C21H19N3. The number of nitrogens with two attached hydrogens (primary N) is 1. The second-order valence-electron chi connectivity index (χ2n) is 6.60. The maximum atomic E-state index is 5.81. The number of allylic oxidation sites excluding steroid dienone is 2. The number of nitrogens with zero attached hydrogens (tertiary/aromatic N) is 1. The highest BCUT2D eigenvalue weighted by Gasteiger charge is 2.22. The van der Waals surface area contributed by atoms with Crippen LogP contribution in [0.2, 0.25) is 0 Å². The number of anilines is 1. The number of hydrogen-bond donors (Lipinski definition) is 2. The van der Waals surface area contributed by atoms with Gasteiger partial charge in [-0.2, -0.15) is 0 Å². The monoisotopic (exact) mass is 313 g/mol. The van der Waals surface area contributed by atoms with E-state index in [0.717, 1.165) is 53.8 Å². The molecule has 0 aliphatic heterocycles. The van der Waals surface area contributed by atoms with Crippen LogP contribution in [0.4, 0.5) is 5.69 Å². The molecule has 3 heteroatoms. The first-order valence-corrected chi connectivity index (χ1v) is 8.57. The number of hydrogen-bond acceptors (Lipinski definition) is 2. The molecule has 0 radical (unpaired) electrons. The topological polar surface area (TPSA) is 54.7 Å². The van der Waals surface area contributed by atoms with E-state index >= 15 is 0 Å². The summed E-state index contributed by atoms with van der Waals surface area (Å²) < 4.78 is 0. The molecule has 1 heterocycles. The van der Waals surface area contributed by atoms with Crippen molar-refractivity contribution in [2.45, 2.75) is 25.7 Å². The van der Waals surface area contributed by atoms with E-state index in [-0.39, 0.29) is 0 Å². The molecule has 0 saturated heterocycles. The minimum Gasteiger partial charge on any atom is -0.399 e. The molecule has 5 rings (SSSR count). The number of aromatic amines is 1. The van der Waals surface area contributed by atoms with E-state index in [9.17, 15) is 0 Å². The Morgan fingerprint density at radius 2 is 1.54 bits per heavy atom. The summed E-state index contributed by atoms with van der Waals surface area (Å²) in [5, 5.41) is 0. The largest absolute Gasteiger partial charge is 0.399 e. The van der Waals surface area contributed by atoms with Gasteiger partial charge in [0.25, 0.3) is 0 Å². The summed E-state index contributed by atoms with van der Waals surface area (Å²) in [6.45, 7) is 0. The fraction of sp³-hybridized carbons (Fsp3) is 0.190. The van der Waals surface area contributed by atoms with Crippen molar-refractivity contribution in [1.82, 2.24) is 9.97 Å². The van der Waals surface area contributed by atoms with Crippen LogP contribution < -0.4 is 5.73 Å². The van der Waals surface area contributed by atoms with E-state index in [1.165, 1.54) is 22.3 Å². The molecule has 2 aliphatic rings. The van der Waals surface area contributed by atoms with Crippen LogP contribution in [0.5, 0.6) is 0 Å². The van der Waals surface area contributed by atoms with Crippen molar-refractivity contribution < 1.29 is 0 Å². The number of aromatic nitrogens is 2.